The van der Waals surface area contributed by atoms with Crippen LogP contribution in [0.25, 0.3) is 0 Å². The zero-order valence-corrected chi connectivity index (χ0v) is 11.4. The molecular formula is C13H26N2O2. The van der Waals surface area contributed by atoms with Gasteiger partial charge in [0.05, 0.1) is 6.04 Å². The highest BCUT2D eigenvalue weighted by Gasteiger charge is 2.21. The summed E-state index contributed by atoms with van der Waals surface area (Å²) in [6, 6.07) is -0.0765. The molecule has 0 aliphatic carbocycles. The number of nitrogens with zero attached hydrogens (tertiary/aromatic N) is 1. The normalized spacial score (nSPS) is 20.1. The summed E-state index contributed by atoms with van der Waals surface area (Å²) in [6.07, 6.45) is 3.56. The van der Waals surface area contributed by atoms with Crippen molar-refractivity contribution < 1.29 is 9.53 Å². The highest BCUT2D eigenvalue weighted by atomic mass is 16.5. The molecule has 1 amide bonds. The van der Waals surface area contributed by atoms with Gasteiger partial charge in [-0.25, -0.2) is 0 Å². The number of amides is 1. The van der Waals surface area contributed by atoms with Crippen LogP contribution in [0.15, 0.2) is 0 Å². The van der Waals surface area contributed by atoms with Crippen molar-refractivity contribution in [1.82, 2.24) is 10.2 Å². The monoisotopic (exact) mass is 242 g/mol. The molecule has 2 atom stereocenters. The van der Waals surface area contributed by atoms with Gasteiger partial charge in [-0.15, -0.1) is 0 Å². The standard InChI is InChI=1S/C13H26N2O2/c1-11(10-17-3)9-14-12(2)13(16)15-7-5-4-6-8-15/h11-12,14H,4-10H2,1-3H3. The Morgan fingerprint density at radius 2 is 1.94 bits per heavy atom. The molecule has 0 aromatic carbocycles. The fourth-order valence-corrected chi connectivity index (χ4v) is 2.20. The minimum Gasteiger partial charge on any atom is -0.384 e. The lowest BCUT2D eigenvalue weighted by atomic mass is 10.1. The third-order valence-electron chi connectivity index (χ3n) is 3.26. The molecule has 4 heteroatoms. The lowest BCUT2D eigenvalue weighted by molar-refractivity contribution is -0.134. The highest BCUT2D eigenvalue weighted by molar-refractivity contribution is 5.81. The molecule has 0 spiro atoms. The molecule has 0 saturated carbocycles. The molecule has 1 fully saturated rings. The second-order valence-corrected chi connectivity index (χ2v) is 5.08. The first kappa shape index (κ1) is 14.5. The van der Waals surface area contributed by atoms with Crippen LogP contribution < -0.4 is 5.32 Å². The molecule has 0 bridgehead atoms. The van der Waals surface area contributed by atoms with Crippen LogP contribution in [0.1, 0.15) is 33.1 Å². The maximum atomic E-state index is 12.1. The van der Waals surface area contributed by atoms with Crippen molar-refractivity contribution in [2.75, 3.05) is 33.4 Å². The van der Waals surface area contributed by atoms with Crippen molar-refractivity contribution in [3.63, 3.8) is 0 Å². The molecule has 2 unspecified atom stereocenters. The number of hydrogen-bond acceptors (Lipinski definition) is 3. The highest BCUT2D eigenvalue weighted by Crippen LogP contribution is 2.10. The van der Waals surface area contributed by atoms with E-state index in [1.54, 1.807) is 7.11 Å². The predicted molar refractivity (Wildman–Crippen MR) is 68.9 cm³/mol. The minimum absolute atomic E-state index is 0.0765. The van der Waals surface area contributed by atoms with Crippen molar-refractivity contribution in [2.24, 2.45) is 5.92 Å². The second-order valence-electron chi connectivity index (χ2n) is 5.08. The van der Waals surface area contributed by atoms with Gasteiger partial charge in [0.15, 0.2) is 0 Å². The van der Waals surface area contributed by atoms with Crippen LogP contribution in [0, 0.1) is 5.92 Å². The van der Waals surface area contributed by atoms with Gasteiger partial charge in [-0.3, -0.25) is 4.79 Å². The van der Waals surface area contributed by atoms with Crippen molar-refractivity contribution in [3.05, 3.63) is 0 Å². The molecule has 0 aromatic rings. The summed E-state index contributed by atoms with van der Waals surface area (Å²) < 4.78 is 5.08. The minimum atomic E-state index is -0.0765. The summed E-state index contributed by atoms with van der Waals surface area (Å²) in [5, 5.41) is 3.29. The third kappa shape index (κ3) is 5.04. The zero-order chi connectivity index (χ0) is 12.7. The Balaban J connectivity index is 2.25. The Hall–Kier alpha value is -0.610. The van der Waals surface area contributed by atoms with Gasteiger partial charge in [0.1, 0.15) is 0 Å². The van der Waals surface area contributed by atoms with E-state index in [0.717, 1.165) is 39.1 Å². The Labute approximate surface area is 105 Å². The van der Waals surface area contributed by atoms with Crippen molar-refractivity contribution in [1.29, 1.82) is 0 Å². The zero-order valence-electron chi connectivity index (χ0n) is 11.4. The first-order chi connectivity index (χ1) is 8.15. The van der Waals surface area contributed by atoms with Gasteiger partial charge in [-0.1, -0.05) is 6.92 Å². The van der Waals surface area contributed by atoms with E-state index in [9.17, 15) is 4.79 Å². The van der Waals surface area contributed by atoms with Gasteiger partial charge in [0.25, 0.3) is 0 Å². The Kier molecular flexibility index (Phi) is 6.52. The summed E-state index contributed by atoms with van der Waals surface area (Å²) in [5.74, 6) is 0.686. The van der Waals surface area contributed by atoms with Gasteiger partial charge in [0.2, 0.25) is 5.91 Å². The summed E-state index contributed by atoms with van der Waals surface area (Å²) >= 11 is 0. The van der Waals surface area contributed by atoms with Gasteiger partial charge < -0.3 is 15.0 Å². The Morgan fingerprint density at radius 3 is 2.53 bits per heavy atom. The van der Waals surface area contributed by atoms with E-state index in [-0.39, 0.29) is 11.9 Å². The molecule has 0 radical (unpaired) electrons. The summed E-state index contributed by atoms with van der Waals surface area (Å²) in [4.78, 5) is 14.1. The maximum absolute atomic E-state index is 12.1. The summed E-state index contributed by atoms with van der Waals surface area (Å²) in [5.41, 5.74) is 0. The fourth-order valence-electron chi connectivity index (χ4n) is 2.20. The van der Waals surface area contributed by atoms with E-state index in [4.69, 9.17) is 4.74 Å². The number of rotatable bonds is 6. The number of methoxy groups -OCH3 is 1. The van der Waals surface area contributed by atoms with Gasteiger partial charge >= 0.3 is 0 Å². The Bertz CT molecular complexity index is 227. The molecule has 1 N–H and O–H groups in total. The quantitative estimate of drug-likeness (QED) is 0.762. The van der Waals surface area contributed by atoms with E-state index < -0.39 is 0 Å². The average Bonchev–Trinajstić information content (AvgIpc) is 2.36. The smallest absolute Gasteiger partial charge is 0.239 e. The molecule has 1 heterocycles. The predicted octanol–water partition coefficient (Wildman–Crippen LogP) is 1.26. The lowest BCUT2D eigenvalue weighted by Gasteiger charge is -2.29. The second kappa shape index (κ2) is 7.67. The third-order valence-corrected chi connectivity index (χ3v) is 3.26. The lowest BCUT2D eigenvalue weighted by Crippen LogP contribution is -2.47. The van der Waals surface area contributed by atoms with E-state index in [1.807, 2.05) is 11.8 Å². The summed E-state index contributed by atoms with van der Waals surface area (Å²) in [6.45, 7) is 7.49. The van der Waals surface area contributed by atoms with E-state index >= 15 is 0 Å². The maximum Gasteiger partial charge on any atom is 0.239 e. The van der Waals surface area contributed by atoms with Crippen LogP contribution >= 0.6 is 0 Å². The molecule has 1 aliphatic heterocycles. The number of hydrogen-bond donors (Lipinski definition) is 1. The average molecular weight is 242 g/mol. The van der Waals surface area contributed by atoms with Gasteiger partial charge in [-0.2, -0.15) is 0 Å². The number of piperidine rings is 1. The largest absolute Gasteiger partial charge is 0.384 e. The van der Waals surface area contributed by atoms with Gasteiger partial charge in [-0.05, 0) is 32.1 Å². The van der Waals surface area contributed by atoms with Crippen molar-refractivity contribution in [2.45, 2.75) is 39.2 Å². The molecule has 100 valence electrons. The molecule has 1 saturated heterocycles. The van der Waals surface area contributed by atoms with Crippen molar-refractivity contribution in [3.8, 4) is 0 Å². The van der Waals surface area contributed by atoms with E-state index in [2.05, 4.69) is 12.2 Å². The van der Waals surface area contributed by atoms with Crippen LogP contribution in [0.5, 0.6) is 0 Å². The van der Waals surface area contributed by atoms with Crippen LogP contribution in [-0.4, -0.2) is 50.2 Å². The van der Waals surface area contributed by atoms with Gasteiger partial charge in [0, 0.05) is 33.4 Å². The number of nitrogens with one attached hydrogen (secondary N) is 1. The molecule has 1 aliphatic rings. The fraction of sp³-hybridized carbons (Fsp3) is 0.923. The molecule has 17 heavy (non-hydrogen) atoms. The topological polar surface area (TPSA) is 41.6 Å². The summed E-state index contributed by atoms with van der Waals surface area (Å²) in [7, 11) is 1.71. The number of ether oxygens (including phenoxy) is 1. The van der Waals surface area contributed by atoms with Crippen LogP contribution in [0.2, 0.25) is 0 Å². The number of carbonyl (C=O) groups is 1. The van der Waals surface area contributed by atoms with E-state index in [0.29, 0.717) is 5.92 Å². The van der Waals surface area contributed by atoms with Crippen LogP contribution in [0.3, 0.4) is 0 Å². The SMILES string of the molecule is COCC(C)CNC(C)C(=O)N1CCCCC1. The first-order valence-corrected chi connectivity index (χ1v) is 6.66. The molecule has 0 aromatic heterocycles. The number of likely N-dealkylation sites (tertiary alicyclic amines) is 1. The van der Waals surface area contributed by atoms with Crippen LogP contribution in [0.4, 0.5) is 0 Å². The molecule has 1 rings (SSSR count). The molecular weight excluding hydrogens is 216 g/mol. The molecule has 4 nitrogen and oxygen atoms in total. The first-order valence-electron chi connectivity index (χ1n) is 6.66. The van der Waals surface area contributed by atoms with Crippen molar-refractivity contribution >= 4 is 5.91 Å². The number of carbonyl (C=O) groups excluding carboxylic acids is 1. The van der Waals surface area contributed by atoms with E-state index in [1.165, 1.54) is 6.42 Å². The van der Waals surface area contributed by atoms with Crippen LogP contribution in [-0.2, 0) is 9.53 Å². The Morgan fingerprint density at radius 1 is 1.29 bits per heavy atom.